The Morgan fingerprint density at radius 1 is 1.41 bits per heavy atom. The Labute approximate surface area is 99.7 Å². The van der Waals surface area contributed by atoms with Gasteiger partial charge in [-0.1, -0.05) is 0 Å². The van der Waals surface area contributed by atoms with Gasteiger partial charge in [-0.25, -0.2) is 8.42 Å². The van der Waals surface area contributed by atoms with E-state index in [1.165, 1.54) is 5.38 Å². The Hall–Kier alpha value is -0.800. The van der Waals surface area contributed by atoms with Crippen molar-refractivity contribution >= 4 is 27.0 Å². The third kappa shape index (κ3) is 2.26. The van der Waals surface area contributed by atoms with E-state index >= 15 is 0 Å². The first-order chi connectivity index (χ1) is 7.66. The molecule has 2 rings (SSSR count). The maximum absolute atomic E-state index is 12.6. The zero-order valence-electron chi connectivity index (χ0n) is 8.41. The van der Waals surface area contributed by atoms with Crippen LogP contribution in [-0.4, -0.2) is 20.1 Å². The minimum Gasteiger partial charge on any atom is -0.398 e. The fourth-order valence-corrected chi connectivity index (χ4v) is 3.87. The SMILES string of the molecule is Nc1csc(S(=O)(=O)NC2(C(F)(F)F)CC2)c1. The molecule has 0 spiro atoms. The van der Waals surface area contributed by atoms with Gasteiger partial charge in [0.15, 0.2) is 0 Å². The van der Waals surface area contributed by atoms with Gasteiger partial charge >= 0.3 is 6.18 Å². The van der Waals surface area contributed by atoms with Gasteiger partial charge < -0.3 is 5.73 Å². The number of halogens is 3. The lowest BCUT2D eigenvalue weighted by molar-refractivity contribution is -0.160. The molecule has 1 saturated carbocycles. The first-order valence-electron chi connectivity index (χ1n) is 4.61. The molecule has 0 unspecified atom stereocenters. The predicted octanol–water partition coefficient (Wildman–Crippen LogP) is 1.70. The summed E-state index contributed by atoms with van der Waals surface area (Å²) in [5.74, 6) is 0. The van der Waals surface area contributed by atoms with Gasteiger partial charge in [-0.05, 0) is 18.9 Å². The monoisotopic (exact) mass is 286 g/mol. The van der Waals surface area contributed by atoms with Crippen molar-refractivity contribution in [1.82, 2.24) is 4.72 Å². The largest absolute Gasteiger partial charge is 0.407 e. The standard InChI is InChI=1S/C8H9F3N2O2S2/c9-8(10,11)7(1-2-7)13-17(14,15)6-3-5(12)4-16-6/h3-4,13H,1-2,12H2. The fourth-order valence-electron chi connectivity index (χ4n) is 1.35. The van der Waals surface area contributed by atoms with E-state index in [9.17, 15) is 21.6 Å². The summed E-state index contributed by atoms with van der Waals surface area (Å²) in [5.41, 5.74) is 3.26. The summed E-state index contributed by atoms with van der Waals surface area (Å²) in [4.78, 5) is 0. The van der Waals surface area contributed by atoms with Crippen LogP contribution in [0.3, 0.4) is 0 Å². The normalized spacial score (nSPS) is 19.2. The zero-order chi connectivity index (χ0) is 12.9. The number of thiophene rings is 1. The number of rotatable bonds is 3. The van der Waals surface area contributed by atoms with Gasteiger partial charge in [0.05, 0.1) is 0 Å². The quantitative estimate of drug-likeness (QED) is 0.888. The van der Waals surface area contributed by atoms with Crippen molar-refractivity contribution in [3.63, 3.8) is 0 Å². The average Bonchev–Trinajstić information content (AvgIpc) is 2.79. The predicted molar refractivity (Wildman–Crippen MR) is 57.1 cm³/mol. The summed E-state index contributed by atoms with van der Waals surface area (Å²) in [6.45, 7) is 0. The number of nitrogens with two attached hydrogens (primary N) is 1. The highest BCUT2D eigenvalue weighted by Crippen LogP contribution is 2.49. The fraction of sp³-hybridized carbons (Fsp3) is 0.500. The van der Waals surface area contributed by atoms with Crippen LogP contribution in [0.2, 0.25) is 0 Å². The Bertz CT molecular complexity index is 531. The molecule has 1 aliphatic rings. The summed E-state index contributed by atoms with van der Waals surface area (Å²) in [6.07, 6.45) is -5.02. The molecule has 1 aromatic rings. The Morgan fingerprint density at radius 2 is 2.00 bits per heavy atom. The lowest BCUT2D eigenvalue weighted by Gasteiger charge is -2.19. The van der Waals surface area contributed by atoms with Gasteiger partial charge in [-0.2, -0.15) is 17.9 Å². The number of alkyl halides is 3. The average molecular weight is 286 g/mol. The number of anilines is 1. The molecule has 9 heteroatoms. The van der Waals surface area contributed by atoms with E-state index in [1.54, 1.807) is 4.72 Å². The Kier molecular flexibility index (Phi) is 2.68. The molecule has 0 saturated heterocycles. The molecule has 17 heavy (non-hydrogen) atoms. The van der Waals surface area contributed by atoms with Crippen LogP contribution in [0, 0.1) is 0 Å². The van der Waals surface area contributed by atoms with Crippen LogP contribution in [0.5, 0.6) is 0 Å². The highest BCUT2D eigenvalue weighted by Gasteiger charge is 2.65. The van der Waals surface area contributed by atoms with E-state index in [-0.39, 0.29) is 22.7 Å². The minimum atomic E-state index is -4.57. The molecule has 96 valence electrons. The first-order valence-corrected chi connectivity index (χ1v) is 6.97. The van der Waals surface area contributed by atoms with Gasteiger partial charge in [0.2, 0.25) is 0 Å². The molecule has 0 radical (unpaired) electrons. The molecule has 1 fully saturated rings. The molecular weight excluding hydrogens is 277 g/mol. The zero-order valence-corrected chi connectivity index (χ0v) is 10.0. The number of nitrogens with one attached hydrogen (secondary N) is 1. The smallest absolute Gasteiger partial charge is 0.398 e. The molecule has 0 aliphatic heterocycles. The van der Waals surface area contributed by atoms with E-state index in [2.05, 4.69) is 0 Å². The highest BCUT2D eigenvalue weighted by molar-refractivity contribution is 7.91. The first kappa shape index (κ1) is 12.7. The van der Waals surface area contributed by atoms with Crippen LogP contribution in [0.1, 0.15) is 12.8 Å². The summed E-state index contributed by atoms with van der Waals surface area (Å²) in [7, 11) is -4.15. The van der Waals surface area contributed by atoms with Crippen molar-refractivity contribution in [3.05, 3.63) is 11.4 Å². The maximum atomic E-state index is 12.6. The third-order valence-electron chi connectivity index (χ3n) is 2.48. The number of hydrogen-bond acceptors (Lipinski definition) is 4. The second-order valence-electron chi connectivity index (χ2n) is 3.88. The van der Waals surface area contributed by atoms with E-state index in [0.29, 0.717) is 0 Å². The number of sulfonamides is 1. The second kappa shape index (κ2) is 3.59. The topological polar surface area (TPSA) is 72.2 Å². The van der Waals surface area contributed by atoms with Crippen molar-refractivity contribution in [1.29, 1.82) is 0 Å². The lowest BCUT2D eigenvalue weighted by Crippen LogP contribution is -2.47. The molecule has 0 atom stereocenters. The van der Waals surface area contributed by atoms with Crippen molar-refractivity contribution in [2.24, 2.45) is 0 Å². The van der Waals surface area contributed by atoms with E-state index in [4.69, 9.17) is 5.73 Å². The molecule has 1 aliphatic carbocycles. The number of hydrogen-bond donors (Lipinski definition) is 2. The van der Waals surface area contributed by atoms with Crippen LogP contribution in [0.25, 0.3) is 0 Å². The summed E-state index contributed by atoms with van der Waals surface area (Å²) < 4.78 is 62.7. The van der Waals surface area contributed by atoms with Crippen LogP contribution in [-0.2, 0) is 10.0 Å². The molecule has 4 nitrogen and oxygen atoms in total. The Balaban J connectivity index is 2.25. The van der Waals surface area contributed by atoms with Crippen LogP contribution in [0.4, 0.5) is 18.9 Å². The lowest BCUT2D eigenvalue weighted by atomic mass is 10.3. The van der Waals surface area contributed by atoms with Gasteiger partial charge in [0.25, 0.3) is 10.0 Å². The molecule has 0 amide bonds. The van der Waals surface area contributed by atoms with Crippen LogP contribution >= 0.6 is 11.3 Å². The van der Waals surface area contributed by atoms with Crippen molar-refractivity contribution in [2.75, 3.05) is 5.73 Å². The molecular formula is C8H9F3N2O2S2. The highest BCUT2D eigenvalue weighted by atomic mass is 32.2. The van der Waals surface area contributed by atoms with Crippen molar-refractivity contribution in [2.45, 2.75) is 28.8 Å². The van der Waals surface area contributed by atoms with E-state index in [0.717, 1.165) is 17.4 Å². The van der Waals surface area contributed by atoms with Crippen LogP contribution in [0.15, 0.2) is 15.7 Å². The molecule has 1 aromatic heterocycles. The van der Waals surface area contributed by atoms with Gasteiger partial charge in [0, 0.05) is 11.1 Å². The summed E-state index contributed by atoms with van der Waals surface area (Å²) in [5, 5.41) is 1.36. The van der Waals surface area contributed by atoms with Gasteiger partial charge in [0.1, 0.15) is 9.75 Å². The van der Waals surface area contributed by atoms with Crippen molar-refractivity contribution < 1.29 is 21.6 Å². The number of nitrogen functional groups attached to an aromatic ring is 1. The van der Waals surface area contributed by atoms with E-state index < -0.39 is 21.7 Å². The molecule has 3 N–H and O–H groups in total. The van der Waals surface area contributed by atoms with Gasteiger partial charge in [-0.3, -0.25) is 0 Å². The van der Waals surface area contributed by atoms with E-state index in [1.807, 2.05) is 0 Å². The van der Waals surface area contributed by atoms with Crippen LogP contribution < -0.4 is 10.5 Å². The third-order valence-corrected chi connectivity index (χ3v) is 5.48. The maximum Gasteiger partial charge on any atom is 0.407 e. The summed E-state index contributed by atoms with van der Waals surface area (Å²) in [6, 6.07) is 1.14. The molecule has 0 aromatic carbocycles. The molecule has 0 bridgehead atoms. The minimum absolute atomic E-state index is 0.203. The van der Waals surface area contributed by atoms with Gasteiger partial charge in [-0.15, -0.1) is 11.3 Å². The van der Waals surface area contributed by atoms with Crippen molar-refractivity contribution in [3.8, 4) is 0 Å². The summed E-state index contributed by atoms with van der Waals surface area (Å²) >= 11 is 0.793. The second-order valence-corrected chi connectivity index (χ2v) is 6.70. The Morgan fingerprint density at radius 3 is 2.35 bits per heavy atom. The molecule has 1 heterocycles.